The van der Waals surface area contributed by atoms with Crippen LogP contribution in [0, 0.1) is 13.8 Å². The van der Waals surface area contributed by atoms with Gasteiger partial charge >= 0.3 is 0 Å². The molecule has 1 aromatic carbocycles. The molecule has 0 spiro atoms. The molecule has 1 aliphatic heterocycles. The van der Waals surface area contributed by atoms with E-state index in [0.29, 0.717) is 31.2 Å². The van der Waals surface area contributed by atoms with Crippen LogP contribution in [0.1, 0.15) is 17.0 Å². The summed E-state index contributed by atoms with van der Waals surface area (Å²) in [4.78, 5) is 0. The molecule has 0 fully saturated rings. The van der Waals surface area contributed by atoms with E-state index in [1.165, 1.54) is 0 Å². The molecule has 0 saturated carbocycles. The molecule has 2 heterocycles. The zero-order valence-corrected chi connectivity index (χ0v) is 13.0. The van der Waals surface area contributed by atoms with E-state index in [1.807, 2.05) is 30.7 Å². The fourth-order valence-electron chi connectivity index (χ4n) is 2.27. The molecule has 0 radical (unpaired) electrons. The summed E-state index contributed by atoms with van der Waals surface area (Å²) in [5.74, 6) is 1.47. The number of halogens is 1. The summed E-state index contributed by atoms with van der Waals surface area (Å²) < 4.78 is 14.1. The zero-order chi connectivity index (χ0) is 14.3. The van der Waals surface area contributed by atoms with Crippen molar-refractivity contribution >= 4 is 21.6 Å². The van der Waals surface area contributed by atoms with Crippen LogP contribution in [-0.4, -0.2) is 23.0 Å². The highest BCUT2D eigenvalue weighted by atomic mass is 79.9. The highest BCUT2D eigenvalue weighted by Gasteiger charge is 2.16. The second-order valence-electron chi connectivity index (χ2n) is 4.84. The number of aromatic nitrogens is 2. The van der Waals surface area contributed by atoms with Crippen LogP contribution in [0.3, 0.4) is 0 Å². The Labute approximate surface area is 125 Å². The number of nitrogens with two attached hydrogens (primary N) is 1. The summed E-state index contributed by atoms with van der Waals surface area (Å²) in [7, 11) is 0. The van der Waals surface area contributed by atoms with Crippen molar-refractivity contribution in [2.45, 2.75) is 20.4 Å². The third kappa shape index (κ3) is 2.24. The average molecular weight is 338 g/mol. The van der Waals surface area contributed by atoms with Crippen molar-refractivity contribution < 1.29 is 9.47 Å². The largest absolute Gasteiger partial charge is 0.486 e. The first-order valence-electron chi connectivity index (χ1n) is 6.43. The van der Waals surface area contributed by atoms with Crippen molar-refractivity contribution in [3.05, 3.63) is 33.6 Å². The molecule has 2 N–H and O–H groups in total. The van der Waals surface area contributed by atoms with Crippen molar-refractivity contribution in [1.82, 2.24) is 9.78 Å². The predicted octanol–water partition coefficient (Wildman–Crippen LogP) is 2.66. The number of nitrogen functional groups attached to an aromatic ring is 1. The lowest BCUT2D eigenvalue weighted by molar-refractivity contribution is 0.171. The van der Waals surface area contributed by atoms with Gasteiger partial charge < -0.3 is 15.2 Å². The molecule has 20 heavy (non-hydrogen) atoms. The van der Waals surface area contributed by atoms with Crippen LogP contribution in [0.2, 0.25) is 0 Å². The monoisotopic (exact) mass is 337 g/mol. The maximum Gasteiger partial charge on any atom is 0.163 e. The number of hydrogen-bond donors (Lipinski definition) is 1. The fourth-order valence-corrected chi connectivity index (χ4v) is 2.56. The minimum atomic E-state index is 0.566. The summed E-state index contributed by atoms with van der Waals surface area (Å²) in [5, 5.41) is 4.50. The zero-order valence-electron chi connectivity index (χ0n) is 11.4. The van der Waals surface area contributed by atoms with Crippen molar-refractivity contribution in [2.24, 2.45) is 0 Å². The van der Waals surface area contributed by atoms with Crippen molar-refractivity contribution in [1.29, 1.82) is 0 Å². The molecule has 0 atom stereocenters. The predicted molar refractivity (Wildman–Crippen MR) is 80.3 cm³/mol. The second-order valence-corrected chi connectivity index (χ2v) is 5.63. The molecule has 5 nitrogen and oxygen atoms in total. The fraction of sp³-hybridized carbons (Fsp3) is 0.357. The van der Waals surface area contributed by atoms with Gasteiger partial charge in [-0.15, -0.1) is 0 Å². The first-order chi connectivity index (χ1) is 9.56. The third-order valence-corrected chi connectivity index (χ3v) is 4.56. The van der Waals surface area contributed by atoms with E-state index in [1.54, 1.807) is 0 Å². The number of aryl methyl sites for hydroxylation is 1. The topological polar surface area (TPSA) is 62.3 Å². The van der Waals surface area contributed by atoms with Crippen molar-refractivity contribution in [2.75, 3.05) is 18.9 Å². The average Bonchev–Trinajstić information content (AvgIpc) is 2.67. The van der Waals surface area contributed by atoms with E-state index in [9.17, 15) is 0 Å². The quantitative estimate of drug-likeness (QED) is 0.855. The lowest BCUT2D eigenvalue weighted by atomic mass is 10.1. The maximum atomic E-state index is 6.10. The number of benzene rings is 1. The molecule has 106 valence electrons. The smallest absolute Gasteiger partial charge is 0.163 e. The molecular formula is C14H16BrN3O2. The standard InChI is InChI=1S/C14H16BrN3O2/c1-8-14(15)9(2)18(17-8)7-10-5-12-13(6-11(10)16)20-4-3-19-12/h5-6H,3-4,7,16H2,1-2H3. The van der Waals surface area contributed by atoms with Crippen LogP contribution in [0.5, 0.6) is 11.5 Å². The number of hydrogen-bond acceptors (Lipinski definition) is 4. The van der Waals surface area contributed by atoms with Gasteiger partial charge in [-0.2, -0.15) is 5.10 Å². The van der Waals surface area contributed by atoms with Crippen molar-refractivity contribution in [3.63, 3.8) is 0 Å². The number of nitrogens with zero attached hydrogens (tertiary/aromatic N) is 2. The molecule has 1 aliphatic rings. The Morgan fingerprint density at radius 2 is 1.90 bits per heavy atom. The first kappa shape index (κ1) is 13.3. The van der Waals surface area contributed by atoms with E-state index in [4.69, 9.17) is 15.2 Å². The Kier molecular flexibility index (Phi) is 3.33. The minimum Gasteiger partial charge on any atom is -0.486 e. The minimum absolute atomic E-state index is 0.566. The first-order valence-corrected chi connectivity index (χ1v) is 7.23. The molecule has 3 rings (SSSR count). The van der Waals surface area contributed by atoms with Crippen LogP contribution >= 0.6 is 15.9 Å². The molecule has 6 heteroatoms. The van der Waals surface area contributed by atoms with E-state index in [2.05, 4.69) is 21.0 Å². The SMILES string of the molecule is Cc1nn(Cc2cc3c(cc2N)OCCO3)c(C)c1Br. The van der Waals surface area contributed by atoms with Gasteiger partial charge in [0.15, 0.2) is 11.5 Å². The molecule has 0 amide bonds. The molecule has 1 aromatic heterocycles. The third-order valence-electron chi connectivity index (χ3n) is 3.42. The summed E-state index contributed by atoms with van der Waals surface area (Å²) in [5.41, 5.74) is 9.82. The van der Waals surface area contributed by atoms with Crippen LogP contribution in [0.4, 0.5) is 5.69 Å². The van der Waals surface area contributed by atoms with Crippen LogP contribution in [0.15, 0.2) is 16.6 Å². The van der Waals surface area contributed by atoms with Gasteiger partial charge in [0.2, 0.25) is 0 Å². The summed E-state index contributed by atoms with van der Waals surface area (Å²) in [6.45, 7) is 5.75. The van der Waals surface area contributed by atoms with Gasteiger partial charge in [0.25, 0.3) is 0 Å². The van der Waals surface area contributed by atoms with Crippen LogP contribution < -0.4 is 15.2 Å². The highest BCUT2D eigenvalue weighted by Crippen LogP contribution is 2.35. The van der Waals surface area contributed by atoms with Gasteiger partial charge in [-0.25, -0.2) is 0 Å². The Hall–Kier alpha value is -1.69. The summed E-state index contributed by atoms with van der Waals surface area (Å²) >= 11 is 3.53. The van der Waals surface area contributed by atoms with Gasteiger partial charge in [0.05, 0.1) is 22.4 Å². The Balaban J connectivity index is 1.96. The Morgan fingerprint density at radius 3 is 2.50 bits per heavy atom. The van der Waals surface area contributed by atoms with E-state index >= 15 is 0 Å². The number of ether oxygens (including phenoxy) is 2. The summed E-state index contributed by atoms with van der Waals surface area (Å²) in [6.07, 6.45) is 0. The molecule has 2 aromatic rings. The number of rotatable bonds is 2. The summed E-state index contributed by atoms with van der Waals surface area (Å²) in [6, 6.07) is 3.76. The second kappa shape index (κ2) is 5.01. The highest BCUT2D eigenvalue weighted by molar-refractivity contribution is 9.10. The van der Waals surface area contributed by atoms with E-state index < -0.39 is 0 Å². The van der Waals surface area contributed by atoms with E-state index in [-0.39, 0.29) is 0 Å². The lowest BCUT2D eigenvalue weighted by Gasteiger charge is -2.20. The maximum absolute atomic E-state index is 6.10. The molecule has 0 bridgehead atoms. The number of anilines is 1. The van der Waals surface area contributed by atoms with Crippen molar-refractivity contribution in [3.8, 4) is 11.5 Å². The lowest BCUT2D eigenvalue weighted by Crippen LogP contribution is -2.16. The molecule has 0 aliphatic carbocycles. The number of fused-ring (bicyclic) bond motifs is 1. The normalized spacial score (nSPS) is 13.6. The Morgan fingerprint density at radius 1 is 1.25 bits per heavy atom. The van der Waals surface area contributed by atoms with Gasteiger partial charge in [0.1, 0.15) is 13.2 Å². The van der Waals surface area contributed by atoms with E-state index in [0.717, 1.165) is 27.2 Å². The Bertz CT molecular complexity index is 667. The molecule has 0 saturated heterocycles. The van der Waals surface area contributed by atoms with Crippen LogP contribution in [-0.2, 0) is 6.54 Å². The van der Waals surface area contributed by atoms with Crippen LogP contribution in [0.25, 0.3) is 0 Å². The molecular weight excluding hydrogens is 322 g/mol. The van der Waals surface area contributed by atoms with Gasteiger partial charge in [0, 0.05) is 17.3 Å². The van der Waals surface area contributed by atoms with Gasteiger partial charge in [-0.05, 0) is 35.8 Å². The molecule has 0 unspecified atom stereocenters. The van der Waals surface area contributed by atoms with Gasteiger partial charge in [-0.1, -0.05) is 0 Å². The van der Waals surface area contributed by atoms with Gasteiger partial charge in [-0.3, -0.25) is 4.68 Å².